The minimum Gasteiger partial charge on any atom is -0.407 e. The zero-order chi connectivity index (χ0) is 52.7. The van der Waals surface area contributed by atoms with E-state index in [0.29, 0.717) is 39.1 Å². The molecule has 4 heterocycles. The highest BCUT2D eigenvalue weighted by Crippen LogP contribution is 2.45. The van der Waals surface area contributed by atoms with E-state index in [0.717, 1.165) is 36.8 Å². The van der Waals surface area contributed by atoms with E-state index in [1.165, 1.54) is 20.7 Å². The molecular formula is C64H86O8Si2. The summed E-state index contributed by atoms with van der Waals surface area (Å²) in [5, 5.41) is 16.8. The molecule has 4 saturated heterocycles. The monoisotopic (exact) mass is 1040 g/mol. The molecule has 8 rings (SSSR count). The average Bonchev–Trinajstić information content (AvgIpc) is 3.75. The summed E-state index contributed by atoms with van der Waals surface area (Å²) in [4.78, 5) is 0. The van der Waals surface area contributed by atoms with Gasteiger partial charge in [0.1, 0.15) is 0 Å². The Morgan fingerprint density at radius 3 is 1.74 bits per heavy atom. The topological polar surface area (TPSA) is 84.8 Å². The maximum Gasteiger partial charge on any atom is 0.261 e. The van der Waals surface area contributed by atoms with Crippen molar-refractivity contribution < 1.29 is 37.6 Å². The van der Waals surface area contributed by atoms with Gasteiger partial charge in [-0.2, -0.15) is 0 Å². The molecule has 4 aromatic rings. The molecule has 0 aliphatic carbocycles. The highest BCUT2D eigenvalue weighted by molar-refractivity contribution is 7.00. The predicted molar refractivity (Wildman–Crippen MR) is 306 cm³/mol. The summed E-state index contributed by atoms with van der Waals surface area (Å²) >= 11 is 0. The van der Waals surface area contributed by atoms with Gasteiger partial charge in [0.15, 0.2) is 0 Å². The number of rotatable bonds is 20. The number of aliphatic hydroxyl groups excluding tert-OH is 1. The van der Waals surface area contributed by atoms with Crippen molar-refractivity contribution in [3.63, 3.8) is 0 Å². The molecule has 1 N–H and O–H groups in total. The van der Waals surface area contributed by atoms with Gasteiger partial charge in [0.25, 0.3) is 16.6 Å². The molecule has 4 fully saturated rings. The molecule has 0 radical (unpaired) electrons. The molecule has 12 atom stereocenters. The minimum absolute atomic E-state index is 0.00413. The standard InChI is InChI=1S/C64H86O8Si2/c1-12-38-66-39-25-26-49-42-46(3)55(68-49)36-35-50-41-45(2)47(4)57(69-50)43-59-61(65)48(5)62-60(70-59)44-58(72-74(64(9,10)11,53-31-21-15-22-32-53)54-33-23-16-24-34-54)56(71-62)37-40-67-73(63(6,7)8,51-27-17-13-18-28-51)52-29-19-14-20-30-52/h12-34,45,48-50,55-62,65H,1,3-4,35-44H2,2,5-11H3/b26-25+/t45-,48?,49+,50+,55+,56?,57-,58?,59?,60?,61?,62?/m1/s1. The van der Waals surface area contributed by atoms with Crippen molar-refractivity contribution in [3.05, 3.63) is 170 Å². The van der Waals surface area contributed by atoms with Gasteiger partial charge in [0, 0.05) is 31.8 Å². The first-order valence-corrected chi connectivity index (χ1v) is 31.3. The Bertz CT molecular complexity index is 2370. The van der Waals surface area contributed by atoms with Crippen molar-refractivity contribution in [2.45, 2.75) is 171 Å². The average molecular weight is 1040 g/mol. The van der Waals surface area contributed by atoms with Crippen molar-refractivity contribution >= 4 is 37.4 Å². The van der Waals surface area contributed by atoms with E-state index in [1.807, 2.05) is 6.08 Å². The third-order valence-electron chi connectivity index (χ3n) is 16.5. The zero-order valence-electron chi connectivity index (χ0n) is 45.7. The van der Waals surface area contributed by atoms with E-state index in [2.05, 4.69) is 203 Å². The highest BCUT2D eigenvalue weighted by atomic mass is 28.4. The van der Waals surface area contributed by atoms with E-state index >= 15 is 0 Å². The number of hydrogen-bond donors (Lipinski definition) is 1. The Morgan fingerprint density at radius 2 is 1.20 bits per heavy atom. The van der Waals surface area contributed by atoms with Gasteiger partial charge in [-0.1, -0.05) is 208 Å². The first kappa shape index (κ1) is 56.2. The molecule has 4 aromatic carbocycles. The maximum absolute atomic E-state index is 12.3. The van der Waals surface area contributed by atoms with Crippen LogP contribution in [0.1, 0.15) is 100 Å². The molecule has 8 nitrogen and oxygen atoms in total. The lowest BCUT2D eigenvalue weighted by Gasteiger charge is -2.53. The van der Waals surface area contributed by atoms with E-state index in [9.17, 15) is 5.11 Å². The molecule has 4 aliphatic rings. The predicted octanol–water partition coefficient (Wildman–Crippen LogP) is 10.8. The van der Waals surface area contributed by atoms with Crippen LogP contribution in [0.25, 0.3) is 0 Å². The van der Waals surface area contributed by atoms with Gasteiger partial charge in [0.2, 0.25) is 0 Å². The molecule has 0 bridgehead atoms. The molecule has 74 heavy (non-hydrogen) atoms. The maximum atomic E-state index is 12.3. The van der Waals surface area contributed by atoms with Crippen LogP contribution < -0.4 is 20.7 Å². The van der Waals surface area contributed by atoms with E-state index < -0.39 is 28.8 Å². The summed E-state index contributed by atoms with van der Waals surface area (Å²) in [6.07, 6.45) is 8.15. The van der Waals surface area contributed by atoms with E-state index in [-0.39, 0.29) is 70.7 Å². The smallest absolute Gasteiger partial charge is 0.261 e. The largest absolute Gasteiger partial charge is 0.407 e. The molecule has 0 aromatic heterocycles. The molecule has 0 saturated carbocycles. The quantitative estimate of drug-likeness (QED) is 0.0532. The van der Waals surface area contributed by atoms with Crippen molar-refractivity contribution in [2.24, 2.45) is 11.8 Å². The summed E-state index contributed by atoms with van der Waals surface area (Å²) < 4.78 is 49.1. The lowest BCUT2D eigenvalue weighted by atomic mass is 9.79. The fourth-order valence-electron chi connectivity index (χ4n) is 12.6. The van der Waals surface area contributed by atoms with Crippen LogP contribution >= 0.6 is 0 Å². The van der Waals surface area contributed by atoms with Crippen LogP contribution in [-0.4, -0.2) is 103 Å². The Labute approximate surface area is 446 Å². The van der Waals surface area contributed by atoms with Crippen LogP contribution in [0.5, 0.6) is 0 Å². The summed E-state index contributed by atoms with van der Waals surface area (Å²) in [7, 11) is -5.92. The van der Waals surface area contributed by atoms with E-state index in [4.69, 9.17) is 32.5 Å². The third kappa shape index (κ3) is 12.2. The first-order chi connectivity index (χ1) is 35.5. The fourth-order valence-corrected chi connectivity index (χ4v) is 21.9. The fraction of sp³-hybridized carbons (Fsp3) is 0.500. The molecule has 0 amide bonds. The van der Waals surface area contributed by atoms with Crippen molar-refractivity contribution in [1.29, 1.82) is 0 Å². The molecule has 7 unspecified atom stereocenters. The van der Waals surface area contributed by atoms with Gasteiger partial charge in [-0.3, -0.25) is 0 Å². The lowest BCUT2D eigenvalue weighted by molar-refractivity contribution is -0.267. The molecule has 4 aliphatic heterocycles. The van der Waals surface area contributed by atoms with Gasteiger partial charge in [-0.25, -0.2) is 0 Å². The number of aliphatic hydroxyl groups is 1. The van der Waals surface area contributed by atoms with Crippen LogP contribution in [0.4, 0.5) is 0 Å². The first-order valence-electron chi connectivity index (χ1n) is 27.5. The Kier molecular flexibility index (Phi) is 18.6. The van der Waals surface area contributed by atoms with Gasteiger partial charge < -0.3 is 37.6 Å². The van der Waals surface area contributed by atoms with Crippen LogP contribution in [0.2, 0.25) is 10.1 Å². The van der Waals surface area contributed by atoms with Crippen LogP contribution in [0.15, 0.2) is 170 Å². The Balaban J connectivity index is 1.05. The number of benzene rings is 4. The van der Waals surface area contributed by atoms with Crippen molar-refractivity contribution in [1.82, 2.24) is 0 Å². The van der Waals surface area contributed by atoms with Gasteiger partial charge >= 0.3 is 0 Å². The third-order valence-corrected chi connectivity index (χ3v) is 26.6. The van der Waals surface area contributed by atoms with E-state index in [1.54, 1.807) is 6.08 Å². The second-order valence-electron chi connectivity index (χ2n) is 23.6. The Morgan fingerprint density at radius 1 is 0.649 bits per heavy atom. The molecular weight excluding hydrogens is 953 g/mol. The van der Waals surface area contributed by atoms with Crippen LogP contribution in [0.3, 0.4) is 0 Å². The van der Waals surface area contributed by atoms with Crippen LogP contribution in [-0.2, 0) is 32.5 Å². The van der Waals surface area contributed by atoms with Gasteiger partial charge in [-0.05, 0) is 73.6 Å². The van der Waals surface area contributed by atoms with Crippen molar-refractivity contribution in [2.75, 3.05) is 19.8 Å². The molecule has 398 valence electrons. The Hall–Kier alpha value is -4.05. The van der Waals surface area contributed by atoms with Gasteiger partial charge in [0.05, 0.1) is 74.3 Å². The summed E-state index contributed by atoms with van der Waals surface area (Å²) in [6, 6.07) is 43.4. The number of hydrogen-bond acceptors (Lipinski definition) is 8. The summed E-state index contributed by atoms with van der Waals surface area (Å²) in [6.45, 7) is 32.6. The molecule has 0 spiro atoms. The van der Waals surface area contributed by atoms with Crippen molar-refractivity contribution in [3.8, 4) is 0 Å². The number of fused-ring (bicyclic) bond motifs is 1. The lowest BCUT2D eigenvalue weighted by Crippen LogP contribution is -2.70. The van der Waals surface area contributed by atoms with Gasteiger partial charge in [-0.15, -0.1) is 6.58 Å². The normalized spacial score (nSPS) is 29.1. The summed E-state index contributed by atoms with van der Waals surface area (Å²) in [5.41, 5.74) is 2.19. The second kappa shape index (κ2) is 24.5. The summed E-state index contributed by atoms with van der Waals surface area (Å²) in [5.74, 6) is 0.0523. The van der Waals surface area contributed by atoms with Crippen LogP contribution in [0, 0.1) is 11.8 Å². The second-order valence-corrected chi connectivity index (χ2v) is 32.2. The zero-order valence-corrected chi connectivity index (χ0v) is 47.7. The minimum atomic E-state index is -3.06. The highest BCUT2D eigenvalue weighted by Gasteiger charge is 2.57. The SMILES string of the molecule is C=CCOC/C=C/[C@H]1CC(=C)[C@H](CC[C@H]2C[C@@H](C)C(=C)[C@@H](CC3OC4CC(O[Si](c5ccccc5)(c5ccccc5)C(C)(C)C)C(CCO[Si](c5ccccc5)(c5ccccc5)C(C)(C)C)OC4C(C)C3O)O2)O1. The molecule has 10 heteroatoms. The number of ether oxygens (including phenoxy) is 5.